The van der Waals surface area contributed by atoms with Crippen molar-refractivity contribution in [2.45, 2.75) is 58.0 Å². The minimum Gasteiger partial charge on any atom is -0.312 e. The molecule has 1 N–H and O–H groups in total. The van der Waals surface area contributed by atoms with Gasteiger partial charge in [-0.3, -0.25) is 4.90 Å². The molecule has 2 rings (SSSR count). The zero-order valence-corrected chi connectivity index (χ0v) is 13.7. The summed E-state index contributed by atoms with van der Waals surface area (Å²) in [5.41, 5.74) is 1.22. The van der Waals surface area contributed by atoms with Gasteiger partial charge in [-0.05, 0) is 69.9 Å². The van der Waals surface area contributed by atoms with E-state index in [-0.39, 0.29) is 11.4 Å². The van der Waals surface area contributed by atoms with E-state index in [0.717, 1.165) is 24.9 Å². The Kier molecular flexibility index (Phi) is 5.77. The molecular formula is C18H29FN2. The molecule has 0 aromatic heterocycles. The SMILES string of the molecule is CCNC(Cc1cccc(F)c1)C(C)(CC)N1CCCC1. The molecule has 0 amide bonds. The number of rotatable bonds is 7. The Morgan fingerprint density at radius 3 is 2.57 bits per heavy atom. The van der Waals surface area contributed by atoms with Gasteiger partial charge in [0.25, 0.3) is 0 Å². The summed E-state index contributed by atoms with van der Waals surface area (Å²) in [6.45, 7) is 10.1. The van der Waals surface area contributed by atoms with Crippen LogP contribution in [0, 0.1) is 5.82 Å². The van der Waals surface area contributed by atoms with E-state index in [0.29, 0.717) is 6.04 Å². The topological polar surface area (TPSA) is 15.3 Å². The van der Waals surface area contributed by atoms with E-state index in [1.54, 1.807) is 6.07 Å². The maximum absolute atomic E-state index is 13.5. The highest BCUT2D eigenvalue weighted by Gasteiger charge is 2.38. The number of hydrogen-bond donors (Lipinski definition) is 1. The van der Waals surface area contributed by atoms with Crippen LogP contribution in [-0.4, -0.2) is 36.1 Å². The monoisotopic (exact) mass is 292 g/mol. The quantitative estimate of drug-likeness (QED) is 0.826. The second-order valence-corrected chi connectivity index (χ2v) is 6.35. The molecule has 0 bridgehead atoms. The number of nitrogens with one attached hydrogen (secondary N) is 1. The van der Waals surface area contributed by atoms with Crippen molar-refractivity contribution in [2.24, 2.45) is 0 Å². The number of likely N-dealkylation sites (N-methyl/N-ethyl adjacent to an activating group) is 1. The summed E-state index contributed by atoms with van der Waals surface area (Å²) in [7, 11) is 0. The van der Waals surface area contributed by atoms with Gasteiger partial charge in [0.1, 0.15) is 5.82 Å². The largest absolute Gasteiger partial charge is 0.312 e. The van der Waals surface area contributed by atoms with Gasteiger partial charge in [-0.25, -0.2) is 4.39 Å². The van der Waals surface area contributed by atoms with E-state index in [1.807, 2.05) is 12.1 Å². The Morgan fingerprint density at radius 2 is 2.00 bits per heavy atom. The summed E-state index contributed by atoms with van der Waals surface area (Å²) < 4.78 is 13.5. The molecule has 1 fully saturated rings. The van der Waals surface area contributed by atoms with Crippen molar-refractivity contribution in [1.82, 2.24) is 10.2 Å². The Morgan fingerprint density at radius 1 is 1.29 bits per heavy atom. The van der Waals surface area contributed by atoms with E-state index in [4.69, 9.17) is 0 Å². The molecule has 0 spiro atoms. The summed E-state index contributed by atoms with van der Waals surface area (Å²) in [5.74, 6) is -0.137. The van der Waals surface area contributed by atoms with Crippen LogP contribution in [0.15, 0.2) is 24.3 Å². The molecule has 1 aliphatic rings. The molecule has 1 saturated heterocycles. The van der Waals surface area contributed by atoms with E-state index >= 15 is 0 Å². The molecule has 2 nitrogen and oxygen atoms in total. The highest BCUT2D eigenvalue weighted by Crippen LogP contribution is 2.29. The first-order chi connectivity index (χ1) is 10.1. The molecule has 0 radical (unpaired) electrons. The fourth-order valence-electron chi connectivity index (χ4n) is 3.58. The predicted octanol–water partition coefficient (Wildman–Crippen LogP) is 3.61. The fourth-order valence-corrected chi connectivity index (χ4v) is 3.58. The van der Waals surface area contributed by atoms with Gasteiger partial charge >= 0.3 is 0 Å². The van der Waals surface area contributed by atoms with Gasteiger partial charge in [0.05, 0.1) is 0 Å². The molecular weight excluding hydrogens is 263 g/mol. The third-order valence-corrected chi connectivity index (χ3v) is 5.07. The zero-order valence-electron chi connectivity index (χ0n) is 13.7. The van der Waals surface area contributed by atoms with Gasteiger partial charge in [0.2, 0.25) is 0 Å². The molecule has 0 aliphatic carbocycles. The maximum atomic E-state index is 13.5. The number of benzene rings is 1. The Balaban J connectivity index is 2.19. The van der Waals surface area contributed by atoms with Gasteiger partial charge in [0.15, 0.2) is 0 Å². The van der Waals surface area contributed by atoms with Crippen molar-refractivity contribution in [3.05, 3.63) is 35.6 Å². The summed E-state index contributed by atoms with van der Waals surface area (Å²) in [6, 6.07) is 7.39. The second-order valence-electron chi connectivity index (χ2n) is 6.35. The number of halogens is 1. The van der Waals surface area contributed by atoms with Crippen molar-refractivity contribution in [1.29, 1.82) is 0 Å². The Hall–Kier alpha value is -0.930. The summed E-state index contributed by atoms with van der Waals surface area (Å²) in [4.78, 5) is 2.62. The van der Waals surface area contributed by atoms with Crippen LogP contribution in [0.1, 0.15) is 45.6 Å². The minimum atomic E-state index is -0.137. The van der Waals surface area contributed by atoms with Crippen LogP contribution in [0.3, 0.4) is 0 Å². The molecule has 3 heteroatoms. The normalized spacial score (nSPS) is 20.4. The van der Waals surface area contributed by atoms with Crippen molar-refractivity contribution in [2.75, 3.05) is 19.6 Å². The zero-order chi connectivity index (χ0) is 15.3. The predicted molar refractivity (Wildman–Crippen MR) is 87.1 cm³/mol. The van der Waals surface area contributed by atoms with Crippen molar-refractivity contribution in [3.63, 3.8) is 0 Å². The lowest BCUT2D eigenvalue weighted by molar-refractivity contribution is 0.0847. The third kappa shape index (κ3) is 3.83. The molecule has 0 saturated carbocycles. The lowest BCUT2D eigenvalue weighted by Gasteiger charge is -2.45. The molecule has 2 unspecified atom stereocenters. The van der Waals surface area contributed by atoms with Gasteiger partial charge < -0.3 is 5.32 Å². The standard InChI is InChI=1S/C18H29FN2/c1-4-18(3,21-11-6-7-12-21)17(20-5-2)14-15-9-8-10-16(19)13-15/h8-10,13,17,20H,4-7,11-12,14H2,1-3H3. The summed E-state index contributed by atoms with van der Waals surface area (Å²) in [5, 5.41) is 3.65. The van der Waals surface area contributed by atoms with Crippen LogP contribution >= 0.6 is 0 Å². The smallest absolute Gasteiger partial charge is 0.123 e. The third-order valence-electron chi connectivity index (χ3n) is 5.07. The van der Waals surface area contributed by atoms with Crippen molar-refractivity contribution >= 4 is 0 Å². The van der Waals surface area contributed by atoms with Crippen LogP contribution in [0.2, 0.25) is 0 Å². The number of likely N-dealkylation sites (tertiary alicyclic amines) is 1. The van der Waals surface area contributed by atoms with Crippen LogP contribution in [0.25, 0.3) is 0 Å². The fraction of sp³-hybridized carbons (Fsp3) is 0.667. The maximum Gasteiger partial charge on any atom is 0.123 e. The first kappa shape index (κ1) is 16.4. The molecule has 1 aliphatic heterocycles. The first-order valence-electron chi connectivity index (χ1n) is 8.33. The number of nitrogens with zero attached hydrogens (tertiary/aromatic N) is 1. The average molecular weight is 292 g/mol. The lowest BCUT2D eigenvalue weighted by atomic mass is 9.83. The van der Waals surface area contributed by atoms with E-state index in [2.05, 4.69) is 31.0 Å². The Bertz CT molecular complexity index is 443. The lowest BCUT2D eigenvalue weighted by Crippen LogP contribution is -2.59. The van der Waals surface area contributed by atoms with Crippen LogP contribution < -0.4 is 5.32 Å². The Labute approximate surface area is 128 Å². The van der Waals surface area contributed by atoms with E-state index < -0.39 is 0 Å². The molecule has 1 aromatic rings. The molecule has 21 heavy (non-hydrogen) atoms. The first-order valence-corrected chi connectivity index (χ1v) is 8.33. The minimum absolute atomic E-state index is 0.137. The van der Waals surface area contributed by atoms with Crippen LogP contribution in [0.4, 0.5) is 4.39 Å². The van der Waals surface area contributed by atoms with Crippen LogP contribution in [-0.2, 0) is 6.42 Å². The highest BCUT2D eigenvalue weighted by atomic mass is 19.1. The van der Waals surface area contributed by atoms with Crippen molar-refractivity contribution in [3.8, 4) is 0 Å². The average Bonchev–Trinajstić information content (AvgIpc) is 3.01. The van der Waals surface area contributed by atoms with Crippen molar-refractivity contribution < 1.29 is 4.39 Å². The summed E-state index contributed by atoms with van der Waals surface area (Å²) in [6.07, 6.45) is 4.59. The van der Waals surface area contributed by atoms with Gasteiger partial charge in [-0.1, -0.05) is 26.0 Å². The second kappa shape index (κ2) is 7.37. The van der Waals surface area contributed by atoms with Gasteiger partial charge in [-0.2, -0.15) is 0 Å². The van der Waals surface area contributed by atoms with Gasteiger partial charge in [-0.15, -0.1) is 0 Å². The van der Waals surface area contributed by atoms with Crippen LogP contribution in [0.5, 0.6) is 0 Å². The van der Waals surface area contributed by atoms with Gasteiger partial charge in [0, 0.05) is 11.6 Å². The molecule has 118 valence electrons. The highest BCUT2D eigenvalue weighted by molar-refractivity contribution is 5.19. The van der Waals surface area contributed by atoms with E-state index in [1.165, 1.54) is 32.0 Å². The molecule has 1 heterocycles. The molecule has 2 atom stereocenters. The number of hydrogen-bond acceptors (Lipinski definition) is 2. The summed E-state index contributed by atoms with van der Waals surface area (Å²) >= 11 is 0. The van der Waals surface area contributed by atoms with E-state index in [9.17, 15) is 4.39 Å². The molecule has 1 aromatic carbocycles.